The standard InChI is InChI=1S/C10H9ClN2/c1-9(11)7-13(8-12)10-5-3-2-4-6-10/h2-6H,1,7H2. The number of hydrogen-bond acceptors (Lipinski definition) is 2. The van der Waals surface area contributed by atoms with Crippen LogP contribution in [0.3, 0.4) is 0 Å². The van der Waals surface area contributed by atoms with E-state index >= 15 is 0 Å². The number of nitriles is 1. The lowest BCUT2D eigenvalue weighted by Crippen LogP contribution is -2.17. The fraction of sp³-hybridized carbons (Fsp3) is 0.100. The Morgan fingerprint density at radius 3 is 2.54 bits per heavy atom. The van der Waals surface area contributed by atoms with Gasteiger partial charge in [0.15, 0.2) is 6.19 Å². The third-order valence-electron chi connectivity index (χ3n) is 1.52. The highest BCUT2D eigenvalue weighted by Gasteiger charge is 2.04. The molecule has 0 bridgehead atoms. The molecule has 0 amide bonds. The summed E-state index contributed by atoms with van der Waals surface area (Å²) in [5.74, 6) is 0. The normalized spacial score (nSPS) is 8.92. The summed E-state index contributed by atoms with van der Waals surface area (Å²) >= 11 is 5.61. The zero-order valence-electron chi connectivity index (χ0n) is 7.07. The predicted molar refractivity (Wildman–Crippen MR) is 54.4 cm³/mol. The number of halogens is 1. The van der Waals surface area contributed by atoms with E-state index in [0.717, 1.165) is 5.69 Å². The van der Waals surface area contributed by atoms with Gasteiger partial charge in [0.25, 0.3) is 0 Å². The number of para-hydroxylation sites is 1. The topological polar surface area (TPSA) is 27.0 Å². The van der Waals surface area contributed by atoms with Gasteiger partial charge in [0, 0.05) is 5.03 Å². The molecule has 13 heavy (non-hydrogen) atoms. The van der Waals surface area contributed by atoms with Crippen LogP contribution in [0.4, 0.5) is 5.69 Å². The number of rotatable bonds is 3. The Morgan fingerprint density at radius 2 is 2.08 bits per heavy atom. The zero-order chi connectivity index (χ0) is 9.68. The van der Waals surface area contributed by atoms with Crippen molar-refractivity contribution >= 4 is 17.3 Å². The molecule has 0 heterocycles. The van der Waals surface area contributed by atoms with E-state index in [0.29, 0.717) is 11.6 Å². The van der Waals surface area contributed by atoms with Crippen molar-refractivity contribution in [2.45, 2.75) is 0 Å². The van der Waals surface area contributed by atoms with Gasteiger partial charge in [-0.25, -0.2) is 0 Å². The molecule has 0 spiro atoms. The van der Waals surface area contributed by atoms with Crippen LogP contribution in [0, 0.1) is 11.5 Å². The van der Waals surface area contributed by atoms with E-state index in [9.17, 15) is 0 Å². The van der Waals surface area contributed by atoms with Gasteiger partial charge in [-0.2, -0.15) is 5.26 Å². The van der Waals surface area contributed by atoms with Crippen LogP contribution in [0.5, 0.6) is 0 Å². The molecule has 0 radical (unpaired) electrons. The van der Waals surface area contributed by atoms with Crippen LogP contribution >= 0.6 is 11.6 Å². The van der Waals surface area contributed by atoms with Crippen molar-refractivity contribution in [3.63, 3.8) is 0 Å². The van der Waals surface area contributed by atoms with Gasteiger partial charge in [0.2, 0.25) is 0 Å². The number of anilines is 1. The monoisotopic (exact) mass is 192 g/mol. The van der Waals surface area contributed by atoms with Crippen molar-refractivity contribution in [3.05, 3.63) is 41.9 Å². The van der Waals surface area contributed by atoms with Crippen molar-refractivity contribution in [1.29, 1.82) is 5.26 Å². The van der Waals surface area contributed by atoms with Crippen molar-refractivity contribution in [3.8, 4) is 6.19 Å². The molecule has 0 fully saturated rings. The summed E-state index contributed by atoms with van der Waals surface area (Å²) in [7, 11) is 0. The summed E-state index contributed by atoms with van der Waals surface area (Å²) in [4.78, 5) is 1.48. The lowest BCUT2D eigenvalue weighted by Gasteiger charge is -2.13. The van der Waals surface area contributed by atoms with Gasteiger partial charge >= 0.3 is 0 Å². The van der Waals surface area contributed by atoms with Gasteiger partial charge in [-0.05, 0) is 12.1 Å². The van der Waals surface area contributed by atoms with Crippen LogP contribution in [0.25, 0.3) is 0 Å². The lowest BCUT2D eigenvalue weighted by molar-refractivity contribution is 1.09. The molecule has 1 aromatic carbocycles. The van der Waals surface area contributed by atoms with Crippen LogP contribution in [-0.4, -0.2) is 6.54 Å². The first-order valence-corrected chi connectivity index (χ1v) is 4.17. The van der Waals surface area contributed by atoms with Crippen LogP contribution in [0.2, 0.25) is 0 Å². The van der Waals surface area contributed by atoms with Gasteiger partial charge in [-0.3, -0.25) is 4.90 Å². The smallest absolute Gasteiger partial charge is 0.184 e. The molecule has 66 valence electrons. The van der Waals surface area contributed by atoms with E-state index in [-0.39, 0.29) is 0 Å². The third-order valence-corrected chi connectivity index (χ3v) is 1.64. The summed E-state index contributed by atoms with van der Waals surface area (Å²) in [6, 6.07) is 9.34. The second-order valence-electron chi connectivity index (χ2n) is 2.54. The van der Waals surface area contributed by atoms with Crippen molar-refractivity contribution in [2.24, 2.45) is 0 Å². The first-order chi connectivity index (χ1) is 6.24. The van der Waals surface area contributed by atoms with Crippen molar-refractivity contribution in [2.75, 3.05) is 11.4 Å². The van der Waals surface area contributed by atoms with Gasteiger partial charge in [-0.15, -0.1) is 0 Å². The van der Waals surface area contributed by atoms with Crippen LogP contribution in [0.1, 0.15) is 0 Å². The van der Waals surface area contributed by atoms with E-state index < -0.39 is 0 Å². The maximum absolute atomic E-state index is 8.80. The average Bonchev–Trinajstić information content (AvgIpc) is 2.15. The molecule has 2 nitrogen and oxygen atoms in total. The molecular weight excluding hydrogens is 184 g/mol. The molecule has 0 aliphatic rings. The van der Waals surface area contributed by atoms with Gasteiger partial charge in [0.1, 0.15) is 0 Å². The molecule has 0 atom stereocenters. The minimum Gasteiger partial charge on any atom is -0.274 e. The molecule has 1 aromatic rings. The maximum atomic E-state index is 8.80. The average molecular weight is 193 g/mol. The van der Waals surface area contributed by atoms with Gasteiger partial charge < -0.3 is 0 Å². The summed E-state index contributed by atoms with van der Waals surface area (Å²) < 4.78 is 0. The molecule has 0 N–H and O–H groups in total. The Bertz CT molecular complexity index is 327. The van der Waals surface area contributed by atoms with Crippen LogP contribution in [0.15, 0.2) is 41.9 Å². The second-order valence-corrected chi connectivity index (χ2v) is 3.07. The molecule has 0 saturated heterocycles. The predicted octanol–water partition coefficient (Wildman–Crippen LogP) is 2.73. The minimum absolute atomic E-state index is 0.349. The maximum Gasteiger partial charge on any atom is 0.184 e. The molecule has 3 heteroatoms. The Balaban J connectivity index is 2.80. The Kier molecular flexibility index (Phi) is 3.36. The molecule has 0 aliphatic carbocycles. The highest BCUT2D eigenvalue weighted by atomic mass is 35.5. The highest BCUT2D eigenvalue weighted by molar-refractivity contribution is 6.29. The SMILES string of the molecule is C=C(Cl)CN(C#N)c1ccccc1. The molecular formula is C10H9ClN2. The van der Waals surface area contributed by atoms with E-state index in [4.69, 9.17) is 16.9 Å². The van der Waals surface area contributed by atoms with E-state index in [2.05, 4.69) is 6.58 Å². The third kappa shape index (κ3) is 2.81. The Labute approximate surface area is 82.7 Å². The van der Waals surface area contributed by atoms with Crippen molar-refractivity contribution < 1.29 is 0 Å². The minimum atomic E-state index is 0.349. The largest absolute Gasteiger partial charge is 0.274 e. The first kappa shape index (κ1) is 9.63. The summed E-state index contributed by atoms with van der Waals surface area (Å²) in [6.45, 7) is 3.89. The van der Waals surface area contributed by atoms with E-state index in [1.165, 1.54) is 4.90 Å². The summed E-state index contributed by atoms with van der Waals surface area (Å²) in [5.41, 5.74) is 0.826. The summed E-state index contributed by atoms with van der Waals surface area (Å²) in [5, 5.41) is 9.25. The molecule has 1 rings (SSSR count). The zero-order valence-corrected chi connectivity index (χ0v) is 7.83. The molecule has 0 unspecified atom stereocenters. The molecule has 0 saturated carbocycles. The Morgan fingerprint density at radius 1 is 1.46 bits per heavy atom. The second kappa shape index (κ2) is 4.54. The number of nitrogens with zero attached hydrogens (tertiary/aromatic N) is 2. The fourth-order valence-corrected chi connectivity index (χ4v) is 1.08. The fourth-order valence-electron chi connectivity index (χ4n) is 0.964. The number of hydrogen-bond donors (Lipinski definition) is 0. The van der Waals surface area contributed by atoms with Crippen molar-refractivity contribution in [1.82, 2.24) is 0 Å². The van der Waals surface area contributed by atoms with Gasteiger partial charge in [0.05, 0.1) is 12.2 Å². The Hall–Kier alpha value is -1.46. The summed E-state index contributed by atoms with van der Waals surface area (Å²) in [6.07, 6.45) is 2.04. The quantitative estimate of drug-likeness (QED) is 0.544. The lowest BCUT2D eigenvalue weighted by atomic mass is 10.3. The molecule has 0 aromatic heterocycles. The highest BCUT2D eigenvalue weighted by Crippen LogP contribution is 2.14. The van der Waals surface area contributed by atoms with E-state index in [1.54, 1.807) is 0 Å². The van der Waals surface area contributed by atoms with Crippen LogP contribution in [-0.2, 0) is 0 Å². The van der Waals surface area contributed by atoms with Crippen LogP contribution < -0.4 is 4.90 Å². The number of benzene rings is 1. The first-order valence-electron chi connectivity index (χ1n) is 3.79. The van der Waals surface area contributed by atoms with E-state index in [1.807, 2.05) is 36.5 Å². The molecule has 0 aliphatic heterocycles. The van der Waals surface area contributed by atoms with Gasteiger partial charge in [-0.1, -0.05) is 36.4 Å².